The van der Waals surface area contributed by atoms with Crippen LogP contribution in [0.25, 0.3) is 6.08 Å². The molecule has 106 valence electrons. The van der Waals surface area contributed by atoms with E-state index in [9.17, 15) is 0 Å². The van der Waals surface area contributed by atoms with Gasteiger partial charge >= 0.3 is 0 Å². The van der Waals surface area contributed by atoms with Gasteiger partial charge in [0.15, 0.2) is 0 Å². The van der Waals surface area contributed by atoms with Crippen LogP contribution in [-0.4, -0.2) is 19.2 Å². The average Bonchev–Trinajstić information content (AvgIpc) is 2.39. The molecular weight excluding hydrogens is 234 g/mol. The summed E-state index contributed by atoms with van der Waals surface area (Å²) in [7, 11) is 0. The van der Waals surface area contributed by atoms with Gasteiger partial charge in [-0.25, -0.2) is 0 Å². The van der Waals surface area contributed by atoms with Crippen LogP contribution in [0.3, 0.4) is 0 Å². The fourth-order valence-electron chi connectivity index (χ4n) is 1.89. The van der Waals surface area contributed by atoms with Gasteiger partial charge in [-0.15, -0.1) is 0 Å². The normalized spacial score (nSPS) is 13.1. The standard InChI is InChI=1S/C17H27NO/c1-5-9-15-10-7-8-11-17(15)19-16(6-2)13-18-12-14(3)4/h5,7-11,14,16,18H,6,12-13H2,1-4H3. The van der Waals surface area contributed by atoms with Gasteiger partial charge in [0, 0.05) is 12.1 Å². The van der Waals surface area contributed by atoms with Gasteiger partial charge in [-0.1, -0.05) is 51.1 Å². The first kappa shape index (κ1) is 15.8. The summed E-state index contributed by atoms with van der Waals surface area (Å²) in [5, 5.41) is 3.46. The summed E-state index contributed by atoms with van der Waals surface area (Å²) >= 11 is 0. The second-order valence-electron chi connectivity index (χ2n) is 5.24. The van der Waals surface area contributed by atoms with E-state index in [4.69, 9.17) is 4.74 Å². The van der Waals surface area contributed by atoms with Crippen molar-refractivity contribution in [2.45, 2.75) is 40.2 Å². The molecule has 2 heteroatoms. The van der Waals surface area contributed by atoms with Gasteiger partial charge < -0.3 is 10.1 Å². The van der Waals surface area contributed by atoms with Gasteiger partial charge in [-0.3, -0.25) is 0 Å². The minimum atomic E-state index is 0.227. The van der Waals surface area contributed by atoms with Crippen molar-refractivity contribution in [3.8, 4) is 5.75 Å². The second-order valence-corrected chi connectivity index (χ2v) is 5.24. The Bertz CT molecular complexity index is 385. The van der Waals surface area contributed by atoms with Crippen molar-refractivity contribution in [2.24, 2.45) is 5.92 Å². The molecule has 0 aliphatic carbocycles. The van der Waals surface area contributed by atoms with Crippen LogP contribution < -0.4 is 10.1 Å². The van der Waals surface area contributed by atoms with Gasteiger partial charge in [0.25, 0.3) is 0 Å². The Hall–Kier alpha value is -1.28. The highest BCUT2D eigenvalue weighted by Gasteiger charge is 2.09. The minimum absolute atomic E-state index is 0.227. The first-order valence-corrected chi connectivity index (χ1v) is 7.26. The van der Waals surface area contributed by atoms with Crippen molar-refractivity contribution in [3.63, 3.8) is 0 Å². The van der Waals surface area contributed by atoms with Crippen LogP contribution in [0.4, 0.5) is 0 Å². The lowest BCUT2D eigenvalue weighted by Crippen LogP contribution is -2.33. The molecule has 0 spiro atoms. The lowest BCUT2D eigenvalue weighted by atomic mass is 10.1. The molecule has 0 saturated carbocycles. The number of hydrogen-bond donors (Lipinski definition) is 1. The molecule has 0 bridgehead atoms. The molecule has 1 aromatic carbocycles. The third-order valence-corrected chi connectivity index (χ3v) is 2.94. The Morgan fingerprint density at radius 1 is 1.21 bits per heavy atom. The van der Waals surface area contributed by atoms with Crippen molar-refractivity contribution in [1.29, 1.82) is 0 Å². The fourth-order valence-corrected chi connectivity index (χ4v) is 1.89. The molecule has 0 saturated heterocycles. The van der Waals surface area contributed by atoms with Crippen LogP contribution in [0.15, 0.2) is 30.3 Å². The van der Waals surface area contributed by atoms with Gasteiger partial charge in [-0.05, 0) is 31.9 Å². The van der Waals surface area contributed by atoms with Crippen molar-refractivity contribution >= 4 is 6.08 Å². The number of hydrogen-bond acceptors (Lipinski definition) is 2. The van der Waals surface area contributed by atoms with Gasteiger partial charge in [0.2, 0.25) is 0 Å². The van der Waals surface area contributed by atoms with Crippen molar-refractivity contribution in [1.82, 2.24) is 5.32 Å². The average molecular weight is 261 g/mol. The maximum Gasteiger partial charge on any atom is 0.126 e. The molecule has 1 rings (SSSR count). The minimum Gasteiger partial charge on any atom is -0.488 e. The molecular formula is C17H27NO. The summed E-state index contributed by atoms with van der Waals surface area (Å²) in [6, 6.07) is 8.20. The number of benzene rings is 1. The van der Waals surface area contributed by atoms with E-state index in [1.165, 1.54) is 0 Å². The quantitative estimate of drug-likeness (QED) is 0.760. The molecule has 0 fully saturated rings. The van der Waals surface area contributed by atoms with Crippen LogP contribution in [0.5, 0.6) is 5.75 Å². The highest BCUT2D eigenvalue weighted by molar-refractivity contribution is 5.56. The van der Waals surface area contributed by atoms with Gasteiger partial charge in [0.1, 0.15) is 11.9 Å². The summed E-state index contributed by atoms with van der Waals surface area (Å²) in [6.07, 6.45) is 5.36. The number of nitrogens with one attached hydrogen (secondary N) is 1. The zero-order valence-corrected chi connectivity index (χ0v) is 12.6. The molecule has 0 amide bonds. The Kier molecular flexibility index (Phi) is 7.27. The number of rotatable bonds is 8. The maximum absolute atomic E-state index is 6.12. The second kappa shape index (κ2) is 8.76. The molecule has 1 unspecified atom stereocenters. The largest absolute Gasteiger partial charge is 0.488 e. The van der Waals surface area contributed by atoms with E-state index in [0.717, 1.165) is 30.8 Å². The first-order chi connectivity index (χ1) is 9.17. The van der Waals surface area contributed by atoms with E-state index in [0.29, 0.717) is 5.92 Å². The monoisotopic (exact) mass is 261 g/mol. The first-order valence-electron chi connectivity index (χ1n) is 7.26. The molecule has 1 atom stereocenters. The Morgan fingerprint density at radius 2 is 1.95 bits per heavy atom. The molecule has 1 aromatic rings. The Balaban J connectivity index is 2.60. The Morgan fingerprint density at radius 3 is 2.58 bits per heavy atom. The molecule has 0 aromatic heterocycles. The SMILES string of the molecule is CC=Cc1ccccc1OC(CC)CNCC(C)C. The Labute approximate surface area is 117 Å². The van der Waals surface area contributed by atoms with Crippen LogP contribution in [0, 0.1) is 5.92 Å². The molecule has 0 heterocycles. The summed E-state index contributed by atoms with van der Waals surface area (Å²) in [4.78, 5) is 0. The predicted octanol–water partition coefficient (Wildman–Crippen LogP) is 4.12. The third-order valence-electron chi connectivity index (χ3n) is 2.94. The van der Waals surface area contributed by atoms with E-state index in [2.05, 4.69) is 38.2 Å². The number of para-hydroxylation sites is 1. The summed E-state index contributed by atoms with van der Waals surface area (Å²) in [6.45, 7) is 10.6. The zero-order chi connectivity index (χ0) is 14.1. The van der Waals surface area contributed by atoms with E-state index < -0.39 is 0 Å². The molecule has 19 heavy (non-hydrogen) atoms. The molecule has 2 nitrogen and oxygen atoms in total. The highest BCUT2D eigenvalue weighted by Crippen LogP contribution is 2.21. The van der Waals surface area contributed by atoms with Crippen LogP contribution in [0.2, 0.25) is 0 Å². The topological polar surface area (TPSA) is 21.3 Å². The van der Waals surface area contributed by atoms with E-state index >= 15 is 0 Å². The predicted molar refractivity (Wildman–Crippen MR) is 83.6 cm³/mol. The van der Waals surface area contributed by atoms with E-state index in [1.54, 1.807) is 0 Å². The van der Waals surface area contributed by atoms with Crippen molar-refractivity contribution in [2.75, 3.05) is 13.1 Å². The molecule has 0 radical (unpaired) electrons. The highest BCUT2D eigenvalue weighted by atomic mass is 16.5. The van der Waals surface area contributed by atoms with E-state index in [1.807, 2.05) is 31.2 Å². The van der Waals surface area contributed by atoms with Gasteiger partial charge in [0.05, 0.1) is 0 Å². The smallest absolute Gasteiger partial charge is 0.126 e. The maximum atomic E-state index is 6.12. The summed E-state index contributed by atoms with van der Waals surface area (Å²) in [5.41, 5.74) is 1.15. The third kappa shape index (κ3) is 5.93. The van der Waals surface area contributed by atoms with E-state index in [-0.39, 0.29) is 6.10 Å². The van der Waals surface area contributed by atoms with Crippen molar-refractivity contribution < 1.29 is 4.74 Å². The molecule has 1 N–H and O–H groups in total. The van der Waals surface area contributed by atoms with Crippen LogP contribution >= 0.6 is 0 Å². The lowest BCUT2D eigenvalue weighted by molar-refractivity contribution is 0.191. The molecule has 0 aliphatic heterocycles. The number of ether oxygens (including phenoxy) is 1. The summed E-state index contributed by atoms with van der Waals surface area (Å²) < 4.78 is 6.12. The zero-order valence-electron chi connectivity index (χ0n) is 12.6. The molecule has 0 aliphatic rings. The van der Waals surface area contributed by atoms with Crippen molar-refractivity contribution in [3.05, 3.63) is 35.9 Å². The van der Waals surface area contributed by atoms with Crippen LogP contribution in [-0.2, 0) is 0 Å². The fraction of sp³-hybridized carbons (Fsp3) is 0.529. The van der Waals surface area contributed by atoms with Gasteiger partial charge in [-0.2, -0.15) is 0 Å². The lowest BCUT2D eigenvalue weighted by Gasteiger charge is -2.20. The van der Waals surface area contributed by atoms with Crippen LogP contribution in [0.1, 0.15) is 39.7 Å². The number of allylic oxidation sites excluding steroid dienone is 1. The summed E-state index contributed by atoms with van der Waals surface area (Å²) in [5.74, 6) is 1.65.